The summed E-state index contributed by atoms with van der Waals surface area (Å²) in [5.41, 5.74) is 2.35. The van der Waals surface area contributed by atoms with Crippen molar-refractivity contribution in [3.8, 4) is 0 Å². The van der Waals surface area contributed by atoms with Crippen molar-refractivity contribution in [2.75, 3.05) is 24.8 Å². The maximum atomic E-state index is 13.4. The fourth-order valence-electron chi connectivity index (χ4n) is 4.64. The molecule has 1 saturated heterocycles. The second kappa shape index (κ2) is 9.39. The second-order valence-corrected chi connectivity index (χ2v) is 11.5. The Morgan fingerprint density at radius 2 is 2.00 bits per heavy atom. The number of rotatable bonds is 8. The van der Waals surface area contributed by atoms with E-state index in [1.165, 1.54) is 0 Å². The van der Waals surface area contributed by atoms with Gasteiger partial charge in [0.05, 0.1) is 40.0 Å². The number of nitrogens with one attached hydrogen (secondary N) is 1. The van der Waals surface area contributed by atoms with Crippen molar-refractivity contribution < 1.29 is 26.7 Å². The fraction of sp³-hybridized carbons (Fsp3) is 0.480. The lowest BCUT2D eigenvalue weighted by Gasteiger charge is -2.23. The lowest BCUT2D eigenvalue weighted by molar-refractivity contribution is -0.119. The van der Waals surface area contributed by atoms with Gasteiger partial charge in [-0.2, -0.15) is 0 Å². The number of aromatic nitrogens is 1. The second-order valence-electron chi connectivity index (χ2n) is 9.52. The molecule has 2 aromatic rings. The molecule has 10 heteroatoms. The number of fused-ring (bicyclic) bond motifs is 1. The molecule has 3 heterocycles. The third kappa shape index (κ3) is 5.28. The van der Waals surface area contributed by atoms with Gasteiger partial charge in [0.15, 0.2) is 9.84 Å². The standard InChI is InChI=1S/C25H27F2N3O4S/c1-35(32,33)23-9-15(16-3-2-8-34-13-16)6-7-18(23)29-19-10-17(11-22(31)14-4-5-14)28-20-12-21(25(26)27)30-24(19)20/h6-7,9-10,14,16,25H,2-5,8,11-13H2,1H3,(H,28,29)/t16-/m1/s1. The van der Waals surface area contributed by atoms with Crippen LogP contribution in [0.25, 0.3) is 0 Å². The van der Waals surface area contributed by atoms with Crippen molar-refractivity contribution in [3.05, 3.63) is 41.2 Å². The highest BCUT2D eigenvalue weighted by Gasteiger charge is 2.31. The molecule has 0 bridgehead atoms. The van der Waals surface area contributed by atoms with Gasteiger partial charge in [-0.05, 0) is 49.4 Å². The molecule has 35 heavy (non-hydrogen) atoms. The average Bonchev–Trinajstić information content (AvgIpc) is 3.58. The van der Waals surface area contributed by atoms with Crippen molar-refractivity contribution in [1.29, 1.82) is 0 Å². The summed E-state index contributed by atoms with van der Waals surface area (Å²) in [6, 6.07) is 6.83. The third-order valence-electron chi connectivity index (χ3n) is 6.67. The van der Waals surface area contributed by atoms with Gasteiger partial charge < -0.3 is 10.1 Å². The predicted octanol–water partition coefficient (Wildman–Crippen LogP) is 4.54. The number of halogens is 2. The molecular weight excluding hydrogens is 476 g/mol. The number of hydrogen-bond acceptors (Lipinski definition) is 7. The van der Waals surface area contributed by atoms with Crippen molar-refractivity contribution >= 4 is 38.4 Å². The number of Topliss-reactive ketones (excluding diaryl/α,β-unsaturated/α-hetero) is 1. The molecule has 1 aliphatic carbocycles. The fourth-order valence-corrected chi connectivity index (χ4v) is 5.51. The van der Waals surface area contributed by atoms with E-state index in [-0.39, 0.29) is 46.8 Å². The Balaban J connectivity index is 1.53. The predicted molar refractivity (Wildman–Crippen MR) is 128 cm³/mol. The van der Waals surface area contributed by atoms with Crippen LogP contribution in [-0.4, -0.2) is 50.8 Å². The molecule has 1 atom stereocenters. The van der Waals surface area contributed by atoms with E-state index in [0.717, 1.165) is 37.5 Å². The van der Waals surface area contributed by atoms with E-state index < -0.39 is 16.3 Å². The number of anilines is 2. The van der Waals surface area contributed by atoms with Crippen LogP contribution in [-0.2, 0) is 32.2 Å². The molecule has 0 unspecified atom stereocenters. The number of ether oxygens (including phenoxy) is 1. The van der Waals surface area contributed by atoms with E-state index in [0.29, 0.717) is 36.0 Å². The van der Waals surface area contributed by atoms with Crippen LogP contribution in [0.3, 0.4) is 0 Å². The minimum Gasteiger partial charge on any atom is -0.381 e. The average molecular weight is 504 g/mol. The normalized spacial score (nSPS) is 20.0. The summed E-state index contributed by atoms with van der Waals surface area (Å²) in [6.45, 7) is 1.24. The highest BCUT2D eigenvalue weighted by Crippen LogP contribution is 2.40. The number of pyridine rings is 1. The zero-order valence-corrected chi connectivity index (χ0v) is 20.2. The molecule has 1 saturated carbocycles. The van der Waals surface area contributed by atoms with Gasteiger partial charge >= 0.3 is 0 Å². The molecule has 0 amide bonds. The Kier molecular flexibility index (Phi) is 6.43. The molecule has 7 nitrogen and oxygen atoms in total. The molecule has 2 fully saturated rings. The van der Waals surface area contributed by atoms with Gasteiger partial charge in [0.25, 0.3) is 6.43 Å². The van der Waals surface area contributed by atoms with E-state index in [9.17, 15) is 22.0 Å². The van der Waals surface area contributed by atoms with E-state index in [4.69, 9.17) is 4.74 Å². The molecule has 3 aliphatic rings. The Morgan fingerprint density at radius 3 is 2.66 bits per heavy atom. The van der Waals surface area contributed by atoms with Crippen LogP contribution in [0.1, 0.15) is 48.6 Å². The minimum atomic E-state index is -3.61. The number of ketones is 1. The van der Waals surface area contributed by atoms with Crippen molar-refractivity contribution in [1.82, 2.24) is 4.98 Å². The van der Waals surface area contributed by atoms with Gasteiger partial charge in [0.1, 0.15) is 11.5 Å². The zero-order chi connectivity index (χ0) is 24.7. The first-order valence-corrected chi connectivity index (χ1v) is 13.7. The first-order chi connectivity index (χ1) is 16.7. The molecule has 186 valence electrons. The third-order valence-corrected chi connectivity index (χ3v) is 7.80. The maximum absolute atomic E-state index is 13.4. The SMILES string of the molecule is CS(=O)(=O)c1cc([C@@H]2CCCOC2)ccc1Nc1cc(CC(=O)C2CC2)nc2c1N=C(C(F)F)C2. The Bertz CT molecular complexity index is 1300. The topological polar surface area (TPSA) is 97.7 Å². The molecule has 1 aromatic carbocycles. The highest BCUT2D eigenvalue weighted by molar-refractivity contribution is 7.90. The van der Waals surface area contributed by atoms with E-state index >= 15 is 0 Å². The van der Waals surface area contributed by atoms with Gasteiger partial charge in [-0.15, -0.1) is 0 Å². The summed E-state index contributed by atoms with van der Waals surface area (Å²) in [5.74, 6) is 0.233. The molecule has 1 aromatic heterocycles. The number of carbonyl (C=O) groups is 1. The number of hydrogen-bond donors (Lipinski definition) is 1. The van der Waals surface area contributed by atoms with Crippen LogP contribution in [0.15, 0.2) is 34.2 Å². The number of benzene rings is 1. The summed E-state index contributed by atoms with van der Waals surface area (Å²) in [4.78, 5) is 21.0. The first-order valence-electron chi connectivity index (χ1n) is 11.8. The van der Waals surface area contributed by atoms with Crippen molar-refractivity contribution in [2.45, 2.75) is 55.8 Å². The quantitative estimate of drug-likeness (QED) is 0.568. The van der Waals surface area contributed by atoms with Crippen molar-refractivity contribution in [3.63, 3.8) is 0 Å². The summed E-state index contributed by atoms with van der Waals surface area (Å²) < 4.78 is 57.8. The molecule has 0 radical (unpaired) electrons. The zero-order valence-electron chi connectivity index (χ0n) is 19.4. The molecular formula is C25H27F2N3O4S. The number of alkyl halides is 2. The molecule has 5 rings (SSSR count). The largest absolute Gasteiger partial charge is 0.381 e. The van der Waals surface area contributed by atoms with Gasteiger partial charge in [-0.1, -0.05) is 6.07 Å². The smallest absolute Gasteiger partial charge is 0.277 e. The molecule has 2 aliphatic heterocycles. The summed E-state index contributed by atoms with van der Waals surface area (Å²) >= 11 is 0. The van der Waals surface area contributed by atoms with Gasteiger partial charge in [-0.25, -0.2) is 22.2 Å². The number of nitrogens with zero attached hydrogens (tertiary/aromatic N) is 2. The van der Waals surface area contributed by atoms with Crippen LogP contribution in [0.2, 0.25) is 0 Å². The number of aliphatic imine (C=N–C) groups is 1. The highest BCUT2D eigenvalue weighted by atomic mass is 32.2. The van der Waals surface area contributed by atoms with Crippen LogP contribution in [0.4, 0.5) is 25.8 Å². The Morgan fingerprint density at radius 1 is 1.20 bits per heavy atom. The lowest BCUT2D eigenvalue weighted by atomic mass is 9.93. The Labute approximate surface area is 202 Å². The van der Waals surface area contributed by atoms with E-state index in [1.54, 1.807) is 18.2 Å². The number of carbonyl (C=O) groups excluding carboxylic acids is 1. The summed E-state index contributed by atoms with van der Waals surface area (Å²) in [7, 11) is -3.61. The van der Waals surface area contributed by atoms with E-state index in [2.05, 4.69) is 15.3 Å². The minimum absolute atomic E-state index is 0.0440. The van der Waals surface area contributed by atoms with Gasteiger partial charge in [-0.3, -0.25) is 9.78 Å². The summed E-state index contributed by atoms with van der Waals surface area (Å²) in [5, 5.41) is 3.11. The monoisotopic (exact) mass is 503 g/mol. The molecule has 1 N–H and O–H groups in total. The van der Waals surface area contributed by atoms with Crippen LogP contribution >= 0.6 is 0 Å². The van der Waals surface area contributed by atoms with Crippen LogP contribution in [0.5, 0.6) is 0 Å². The van der Waals surface area contributed by atoms with Crippen LogP contribution < -0.4 is 5.32 Å². The van der Waals surface area contributed by atoms with Gasteiger partial charge in [0, 0.05) is 37.5 Å². The first kappa shape index (κ1) is 24.0. The number of sulfone groups is 1. The van der Waals surface area contributed by atoms with Gasteiger partial charge in [0.2, 0.25) is 0 Å². The summed E-state index contributed by atoms with van der Waals surface area (Å²) in [6.07, 6.45) is 1.97. The van der Waals surface area contributed by atoms with Crippen molar-refractivity contribution in [2.24, 2.45) is 10.9 Å². The van der Waals surface area contributed by atoms with Crippen LogP contribution in [0, 0.1) is 5.92 Å². The maximum Gasteiger partial charge on any atom is 0.277 e. The Hall–Kier alpha value is -2.72. The lowest BCUT2D eigenvalue weighted by Crippen LogP contribution is -2.16. The van der Waals surface area contributed by atoms with E-state index in [1.807, 2.05) is 6.07 Å². The molecule has 0 spiro atoms.